The molecule has 0 heterocycles. The molecule has 0 fully saturated rings. The van der Waals surface area contributed by atoms with Crippen LogP contribution < -0.4 is 0 Å². The molecule has 0 saturated heterocycles. The number of rotatable bonds is 11. The minimum Gasteiger partial charge on any atom is -0.466 e. The molecule has 0 amide bonds. The summed E-state index contributed by atoms with van der Waals surface area (Å²) in [6.07, 6.45) is 11.7. The van der Waals surface area contributed by atoms with E-state index in [0.717, 1.165) is 19.3 Å². The topological polar surface area (TPSA) is 26.3 Å². The molecule has 112 valence electrons. The lowest BCUT2D eigenvalue weighted by Gasteiger charge is -2.15. The summed E-state index contributed by atoms with van der Waals surface area (Å²) in [5.41, 5.74) is 1.19. The molecule has 0 aliphatic heterocycles. The first-order valence-corrected chi connectivity index (χ1v) is 8.00. The molecule has 0 N–H and O–H groups in total. The Balaban J connectivity index is 4.14. The first-order chi connectivity index (χ1) is 9.17. The van der Waals surface area contributed by atoms with Gasteiger partial charge in [-0.2, -0.15) is 0 Å². The largest absolute Gasteiger partial charge is 0.466 e. The van der Waals surface area contributed by atoms with Crippen LogP contribution in [0.2, 0.25) is 0 Å². The summed E-state index contributed by atoms with van der Waals surface area (Å²) < 4.78 is 5.16. The predicted molar refractivity (Wildman–Crippen MR) is 82.2 cm³/mol. The Morgan fingerprint density at radius 2 is 1.74 bits per heavy atom. The van der Waals surface area contributed by atoms with Crippen molar-refractivity contribution >= 4 is 5.97 Å². The maximum atomic E-state index is 11.9. The van der Waals surface area contributed by atoms with E-state index in [2.05, 4.69) is 26.8 Å². The molecule has 1 atom stereocenters. The predicted octanol–water partition coefficient (Wildman–Crippen LogP) is 5.27. The van der Waals surface area contributed by atoms with Crippen molar-refractivity contribution in [1.29, 1.82) is 0 Å². The minimum atomic E-state index is -0.0518. The number of allylic oxidation sites excluding steroid dienone is 1. The number of ether oxygens (including phenoxy) is 1. The molecular formula is C17H32O2. The zero-order valence-electron chi connectivity index (χ0n) is 13.3. The fourth-order valence-electron chi connectivity index (χ4n) is 2.28. The van der Waals surface area contributed by atoms with Gasteiger partial charge < -0.3 is 4.74 Å². The quantitative estimate of drug-likeness (QED) is 0.290. The molecular weight excluding hydrogens is 236 g/mol. The van der Waals surface area contributed by atoms with E-state index in [-0.39, 0.29) is 11.9 Å². The summed E-state index contributed by atoms with van der Waals surface area (Å²) in [5, 5.41) is 0. The molecule has 0 saturated carbocycles. The summed E-state index contributed by atoms with van der Waals surface area (Å²) in [4.78, 5) is 11.9. The number of hydrogen-bond acceptors (Lipinski definition) is 2. The van der Waals surface area contributed by atoms with Crippen LogP contribution >= 0.6 is 0 Å². The number of carbonyl (C=O) groups excluding carboxylic acids is 1. The van der Waals surface area contributed by atoms with Gasteiger partial charge in [0.05, 0.1) is 12.5 Å². The Kier molecular flexibility index (Phi) is 11.7. The van der Waals surface area contributed by atoms with E-state index in [1.54, 1.807) is 0 Å². The van der Waals surface area contributed by atoms with Gasteiger partial charge >= 0.3 is 5.97 Å². The van der Waals surface area contributed by atoms with E-state index >= 15 is 0 Å². The van der Waals surface area contributed by atoms with Gasteiger partial charge in [-0.25, -0.2) is 0 Å². The molecule has 1 unspecified atom stereocenters. The first kappa shape index (κ1) is 18.2. The van der Waals surface area contributed by atoms with E-state index in [1.807, 2.05) is 6.92 Å². The Morgan fingerprint density at radius 3 is 2.32 bits per heavy atom. The van der Waals surface area contributed by atoms with E-state index in [4.69, 9.17) is 4.74 Å². The summed E-state index contributed by atoms with van der Waals surface area (Å²) in [7, 11) is 0. The summed E-state index contributed by atoms with van der Waals surface area (Å²) in [6.45, 7) is 8.77. The fourth-order valence-corrected chi connectivity index (χ4v) is 2.28. The van der Waals surface area contributed by atoms with Gasteiger partial charge in [0.25, 0.3) is 0 Å². The van der Waals surface area contributed by atoms with Crippen LogP contribution in [0.15, 0.2) is 11.6 Å². The highest BCUT2D eigenvalue weighted by atomic mass is 16.5. The fraction of sp³-hybridized carbons (Fsp3) is 0.824. The smallest absolute Gasteiger partial charge is 0.313 e. The number of carbonyl (C=O) groups is 1. The highest BCUT2D eigenvalue weighted by Gasteiger charge is 2.20. The maximum Gasteiger partial charge on any atom is 0.313 e. The molecule has 2 nitrogen and oxygen atoms in total. The first-order valence-electron chi connectivity index (χ1n) is 8.00. The molecule has 0 radical (unpaired) electrons. The van der Waals surface area contributed by atoms with Gasteiger partial charge in [-0.05, 0) is 33.1 Å². The molecule has 2 heteroatoms. The van der Waals surface area contributed by atoms with Crippen LogP contribution in [0.5, 0.6) is 0 Å². The molecule has 0 aliphatic carbocycles. The molecule has 0 aromatic carbocycles. The van der Waals surface area contributed by atoms with Crippen LogP contribution in [-0.4, -0.2) is 12.6 Å². The molecule has 0 aliphatic rings. The third kappa shape index (κ3) is 8.85. The van der Waals surface area contributed by atoms with Crippen LogP contribution in [0.4, 0.5) is 0 Å². The summed E-state index contributed by atoms with van der Waals surface area (Å²) >= 11 is 0. The second kappa shape index (κ2) is 12.3. The van der Waals surface area contributed by atoms with Crippen LogP contribution in [0.1, 0.15) is 79.1 Å². The van der Waals surface area contributed by atoms with Gasteiger partial charge in [-0.15, -0.1) is 0 Å². The van der Waals surface area contributed by atoms with Gasteiger partial charge in [0.15, 0.2) is 0 Å². The average molecular weight is 268 g/mol. The molecule has 0 rings (SSSR count). The van der Waals surface area contributed by atoms with Gasteiger partial charge in [0, 0.05) is 0 Å². The van der Waals surface area contributed by atoms with Crippen molar-refractivity contribution in [1.82, 2.24) is 0 Å². The maximum absolute atomic E-state index is 11.9. The molecule has 19 heavy (non-hydrogen) atoms. The van der Waals surface area contributed by atoms with Crippen molar-refractivity contribution in [2.75, 3.05) is 6.61 Å². The SMILES string of the molecule is CCCCCCC/C=C(\C)C(CCC)C(=O)OCC. The van der Waals surface area contributed by atoms with E-state index in [1.165, 1.54) is 37.7 Å². The number of hydrogen-bond donors (Lipinski definition) is 0. The van der Waals surface area contributed by atoms with Crippen LogP contribution in [-0.2, 0) is 9.53 Å². The zero-order chi connectivity index (χ0) is 14.5. The standard InChI is InChI=1S/C17H32O2/c1-5-8-9-10-11-12-14-15(4)16(13-6-2)17(18)19-7-3/h14,16H,5-13H2,1-4H3/b15-14+. The highest BCUT2D eigenvalue weighted by molar-refractivity contribution is 5.75. The van der Waals surface area contributed by atoms with Crippen LogP contribution in [0.3, 0.4) is 0 Å². The van der Waals surface area contributed by atoms with E-state index in [9.17, 15) is 4.79 Å². The zero-order valence-corrected chi connectivity index (χ0v) is 13.3. The lowest BCUT2D eigenvalue weighted by atomic mass is 9.94. The third-order valence-electron chi connectivity index (χ3n) is 3.47. The van der Waals surface area contributed by atoms with Gasteiger partial charge in [-0.1, -0.05) is 57.6 Å². The number of esters is 1. The summed E-state index contributed by atoms with van der Waals surface area (Å²) in [6, 6.07) is 0. The Labute approximate surface area is 119 Å². The Morgan fingerprint density at radius 1 is 1.05 bits per heavy atom. The minimum absolute atomic E-state index is 0.0272. The molecule has 0 aromatic heterocycles. The molecule has 0 spiro atoms. The van der Waals surface area contributed by atoms with Crippen molar-refractivity contribution in [2.24, 2.45) is 5.92 Å². The monoisotopic (exact) mass is 268 g/mol. The van der Waals surface area contributed by atoms with Crippen molar-refractivity contribution in [3.63, 3.8) is 0 Å². The van der Waals surface area contributed by atoms with Gasteiger partial charge in [0.1, 0.15) is 0 Å². The lowest BCUT2D eigenvalue weighted by Crippen LogP contribution is -2.18. The van der Waals surface area contributed by atoms with Crippen LogP contribution in [0, 0.1) is 5.92 Å². The van der Waals surface area contributed by atoms with E-state index in [0.29, 0.717) is 6.61 Å². The average Bonchev–Trinajstić information content (AvgIpc) is 2.40. The van der Waals surface area contributed by atoms with Gasteiger partial charge in [-0.3, -0.25) is 4.79 Å². The molecule has 0 aromatic rings. The second-order valence-corrected chi connectivity index (χ2v) is 5.24. The summed E-state index contributed by atoms with van der Waals surface area (Å²) in [5.74, 6) is -0.0790. The molecule has 0 bridgehead atoms. The highest BCUT2D eigenvalue weighted by Crippen LogP contribution is 2.20. The Hall–Kier alpha value is -0.790. The lowest BCUT2D eigenvalue weighted by molar-refractivity contribution is -0.146. The van der Waals surface area contributed by atoms with Crippen molar-refractivity contribution in [2.45, 2.75) is 79.1 Å². The van der Waals surface area contributed by atoms with Crippen LogP contribution in [0.25, 0.3) is 0 Å². The number of unbranched alkanes of at least 4 members (excludes halogenated alkanes) is 5. The van der Waals surface area contributed by atoms with Crippen molar-refractivity contribution in [3.05, 3.63) is 11.6 Å². The van der Waals surface area contributed by atoms with Crippen molar-refractivity contribution < 1.29 is 9.53 Å². The van der Waals surface area contributed by atoms with Crippen molar-refractivity contribution in [3.8, 4) is 0 Å². The van der Waals surface area contributed by atoms with Gasteiger partial charge in [0.2, 0.25) is 0 Å². The Bertz CT molecular complexity index is 256. The third-order valence-corrected chi connectivity index (χ3v) is 3.47. The second-order valence-electron chi connectivity index (χ2n) is 5.24. The normalized spacial score (nSPS) is 13.4. The van der Waals surface area contributed by atoms with E-state index < -0.39 is 0 Å².